The van der Waals surface area contributed by atoms with Gasteiger partial charge in [0.15, 0.2) is 11.5 Å². The standard InChI is InChI=1S/C30H28ClIN2O6/c1-3-5-14-39-22-12-10-21(11-13-22)34-29(36)23(28(35)33-30(34)37)15-19-16-25(32)27(26(17-19)38-4-2)40-18-20-8-6-7-9-24(20)31/h6-13,15-17H,3-5,14,18H2,1-2H3,(H,33,35,37)/b23-15-. The largest absolute Gasteiger partial charge is 0.494 e. The third-order valence-corrected chi connectivity index (χ3v) is 7.11. The normalized spacial score (nSPS) is 14.3. The Morgan fingerprint density at radius 1 is 0.975 bits per heavy atom. The lowest BCUT2D eigenvalue weighted by Gasteiger charge is -2.26. The third-order valence-electron chi connectivity index (χ3n) is 5.94. The monoisotopic (exact) mass is 674 g/mol. The van der Waals surface area contributed by atoms with Gasteiger partial charge in [-0.25, -0.2) is 9.69 Å². The van der Waals surface area contributed by atoms with Crippen molar-refractivity contribution in [1.82, 2.24) is 5.32 Å². The number of nitrogens with one attached hydrogen (secondary N) is 1. The molecule has 0 radical (unpaired) electrons. The van der Waals surface area contributed by atoms with Gasteiger partial charge in [-0.3, -0.25) is 14.9 Å². The van der Waals surface area contributed by atoms with Crippen LogP contribution in [0.1, 0.15) is 37.8 Å². The second-order valence-corrected chi connectivity index (χ2v) is 10.4. The second kappa shape index (κ2) is 13.7. The predicted molar refractivity (Wildman–Crippen MR) is 162 cm³/mol. The highest BCUT2D eigenvalue weighted by Crippen LogP contribution is 2.36. The molecule has 208 valence electrons. The van der Waals surface area contributed by atoms with Crippen LogP contribution in [0, 0.1) is 3.57 Å². The molecular formula is C30H28ClIN2O6. The summed E-state index contributed by atoms with van der Waals surface area (Å²) in [6, 6.07) is 16.6. The molecule has 0 aromatic heterocycles. The topological polar surface area (TPSA) is 94.2 Å². The zero-order valence-corrected chi connectivity index (χ0v) is 25.0. The van der Waals surface area contributed by atoms with E-state index in [4.69, 9.17) is 25.8 Å². The van der Waals surface area contributed by atoms with Gasteiger partial charge in [0.05, 0.1) is 22.5 Å². The van der Waals surface area contributed by atoms with Crippen molar-refractivity contribution in [3.63, 3.8) is 0 Å². The second-order valence-electron chi connectivity index (χ2n) is 8.80. The summed E-state index contributed by atoms with van der Waals surface area (Å²) in [5.41, 5.74) is 1.48. The Kier molecular flexibility index (Phi) is 10.1. The number of rotatable bonds is 11. The van der Waals surface area contributed by atoms with E-state index in [9.17, 15) is 14.4 Å². The van der Waals surface area contributed by atoms with Gasteiger partial charge in [0.25, 0.3) is 11.8 Å². The first kappa shape index (κ1) is 29.4. The molecule has 8 nitrogen and oxygen atoms in total. The molecule has 0 aliphatic carbocycles. The van der Waals surface area contributed by atoms with Gasteiger partial charge in [-0.15, -0.1) is 0 Å². The smallest absolute Gasteiger partial charge is 0.335 e. The Morgan fingerprint density at radius 2 is 1.73 bits per heavy atom. The summed E-state index contributed by atoms with van der Waals surface area (Å²) in [6.45, 7) is 5.10. The molecule has 4 rings (SSSR count). The number of carbonyl (C=O) groups excluding carboxylic acids is 3. The van der Waals surface area contributed by atoms with E-state index in [2.05, 4.69) is 34.8 Å². The number of anilines is 1. The van der Waals surface area contributed by atoms with E-state index < -0.39 is 17.8 Å². The molecule has 4 amide bonds. The van der Waals surface area contributed by atoms with Crippen molar-refractivity contribution in [2.24, 2.45) is 0 Å². The maximum Gasteiger partial charge on any atom is 0.335 e. The number of urea groups is 1. The Bertz CT molecular complexity index is 1440. The maximum absolute atomic E-state index is 13.4. The van der Waals surface area contributed by atoms with Crippen LogP contribution in [0.25, 0.3) is 6.08 Å². The number of halogens is 2. The molecule has 1 saturated heterocycles. The highest BCUT2D eigenvalue weighted by molar-refractivity contribution is 14.1. The summed E-state index contributed by atoms with van der Waals surface area (Å²) in [5, 5.41) is 2.85. The first-order chi connectivity index (χ1) is 19.3. The minimum atomic E-state index is -0.820. The van der Waals surface area contributed by atoms with Crippen molar-refractivity contribution >= 4 is 63.8 Å². The van der Waals surface area contributed by atoms with E-state index in [-0.39, 0.29) is 12.2 Å². The third kappa shape index (κ3) is 6.95. The number of hydrogen-bond donors (Lipinski definition) is 1. The number of amides is 4. The number of hydrogen-bond acceptors (Lipinski definition) is 6. The zero-order valence-electron chi connectivity index (χ0n) is 22.0. The Hall–Kier alpha value is -3.57. The van der Waals surface area contributed by atoms with Crippen LogP contribution in [0.15, 0.2) is 66.2 Å². The fourth-order valence-corrected chi connectivity index (χ4v) is 4.90. The van der Waals surface area contributed by atoms with E-state index in [1.807, 2.05) is 25.1 Å². The van der Waals surface area contributed by atoms with Gasteiger partial charge >= 0.3 is 6.03 Å². The minimum Gasteiger partial charge on any atom is -0.494 e. The quantitative estimate of drug-likeness (QED) is 0.105. The highest BCUT2D eigenvalue weighted by atomic mass is 127. The first-order valence-corrected chi connectivity index (χ1v) is 14.2. The van der Waals surface area contributed by atoms with Gasteiger partial charge in [0, 0.05) is 10.6 Å². The summed E-state index contributed by atoms with van der Waals surface area (Å²) in [5.74, 6) is 0.0764. The van der Waals surface area contributed by atoms with Crippen molar-refractivity contribution in [3.8, 4) is 17.2 Å². The Balaban J connectivity index is 1.60. The fourth-order valence-electron chi connectivity index (χ4n) is 3.92. The number of ether oxygens (including phenoxy) is 3. The molecule has 0 atom stereocenters. The summed E-state index contributed by atoms with van der Waals surface area (Å²) < 4.78 is 18.2. The predicted octanol–water partition coefficient (Wildman–Crippen LogP) is 6.77. The van der Waals surface area contributed by atoms with Gasteiger partial charge in [-0.1, -0.05) is 43.1 Å². The summed E-state index contributed by atoms with van der Waals surface area (Å²) in [7, 11) is 0. The molecule has 3 aromatic carbocycles. The van der Waals surface area contributed by atoms with Gasteiger partial charge in [0.1, 0.15) is 17.9 Å². The van der Waals surface area contributed by atoms with Gasteiger partial charge in [-0.2, -0.15) is 0 Å². The van der Waals surface area contributed by atoms with Crippen LogP contribution in [0.2, 0.25) is 5.02 Å². The van der Waals surface area contributed by atoms with Gasteiger partial charge in [0.2, 0.25) is 0 Å². The molecule has 1 N–H and O–H groups in total. The lowest BCUT2D eigenvalue weighted by molar-refractivity contribution is -0.122. The van der Waals surface area contributed by atoms with Crippen molar-refractivity contribution < 1.29 is 28.6 Å². The Labute approximate surface area is 251 Å². The lowest BCUT2D eigenvalue weighted by atomic mass is 10.1. The van der Waals surface area contributed by atoms with Crippen LogP contribution < -0.4 is 24.4 Å². The maximum atomic E-state index is 13.4. The average Bonchev–Trinajstić information content (AvgIpc) is 2.92. The molecule has 0 saturated carbocycles. The van der Waals surface area contributed by atoms with Crippen LogP contribution in [-0.2, 0) is 16.2 Å². The van der Waals surface area contributed by atoms with Gasteiger partial charge < -0.3 is 14.2 Å². The number of benzene rings is 3. The van der Waals surface area contributed by atoms with Crippen molar-refractivity contribution in [3.05, 3.63) is 86.0 Å². The minimum absolute atomic E-state index is 0.189. The van der Waals surface area contributed by atoms with E-state index >= 15 is 0 Å². The van der Waals surface area contributed by atoms with E-state index in [1.165, 1.54) is 6.08 Å². The summed E-state index contributed by atoms with van der Waals surface area (Å²) in [4.78, 5) is 39.6. The first-order valence-electron chi connectivity index (χ1n) is 12.8. The number of imide groups is 2. The van der Waals surface area contributed by atoms with Crippen molar-refractivity contribution in [2.75, 3.05) is 18.1 Å². The highest BCUT2D eigenvalue weighted by Gasteiger charge is 2.37. The molecule has 1 aliphatic rings. The van der Waals surface area contributed by atoms with Crippen LogP contribution >= 0.6 is 34.2 Å². The summed E-state index contributed by atoms with van der Waals surface area (Å²) >= 11 is 8.38. The van der Waals surface area contributed by atoms with Crippen LogP contribution in [0.3, 0.4) is 0 Å². The summed E-state index contributed by atoms with van der Waals surface area (Å²) in [6.07, 6.45) is 3.36. The molecule has 1 fully saturated rings. The molecule has 0 bridgehead atoms. The van der Waals surface area contributed by atoms with Crippen LogP contribution in [0.4, 0.5) is 10.5 Å². The molecule has 1 heterocycles. The Morgan fingerprint density at radius 3 is 2.42 bits per heavy atom. The van der Waals surface area contributed by atoms with Crippen LogP contribution in [0.5, 0.6) is 17.2 Å². The average molecular weight is 675 g/mol. The van der Waals surface area contributed by atoms with Crippen molar-refractivity contribution in [2.45, 2.75) is 33.3 Å². The number of nitrogens with zero attached hydrogens (tertiary/aromatic N) is 1. The molecule has 10 heteroatoms. The number of carbonyl (C=O) groups is 3. The van der Waals surface area contributed by atoms with Crippen molar-refractivity contribution in [1.29, 1.82) is 0 Å². The molecular weight excluding hydrogens is 647 g/mol. The zero-order chi connectivity index (χ0) is 28.6. The van der Waals surface area contributed by atoms with E-state index in [0.717, 1.165) is 23.3 Å². The SMILES string of the molecule is CCCCOc1ccc(N2C(=O)NC(=O)/C(=C/c3cc(I)c(OCc4ccccc4Cl)c(OCC)c3)C2=O)cc1. The molecule has 40 heavy (non-hydrogen) atoms. The molecule has 3 aromatic rings. The number of unbranched alkanes of at least 4 members (excludes halogenated alkanes) is 1. The molecule has 1 aliphatic heterocycles. The fraction of sp³-hybridized carbons (Fsp3) is 0.233. The molecule has 0 unspecified atom stereocenters. The van der Waals surface area contributed by atoms with E-state index in [1.54, 1.807) is 42.5 Å². The van der Waals surface area contributed by atoms with E-state index in [0.29, 0.717) is 50.3 Å². The van der Waals surface area contributed by atoms with Gasteiger partial charge in [-0.05, 0) is 90.0 Å². The van der Waals surface area contributed by atoms with Crippen LogP contribution in [-0.4, -0.2) is 31.1 Å². The lowest BCUT2D eigenvalue weighted by Crippen LogP contribution is -2.54. The molecule has 0 spiro atoms. The number of barbiturate groups is 1.